The Morgan fingerprint density at radius 2 is 1.61 bits per heavy atom. The maximum absolute atomic E-state index is 10.9. The van der Waals surface area contributed by atoms with Crippen molar-refractivity contribution >= 4 is 0 Å². The molecule has 0 saturated carbocycles. The summed E-state index contributed by atoms with van der Waals surface area (Å²) in [6.07, 6.45) is 1.43. The molecular weight excluding hydrogens is 228 g/mol. The predicted molar refractivity (Wildman–Crippen MR) is 74.5 cm³/mol. The van der Waals surface area contributed by atoms with Gasteiger partial charge < -0.3 is 20.9 Å². The average Bonchev–Trinajstić information content (AvgIpc) is 2.07. The van der Waals surface area contributed by atoms with Crippen molar-refractivity contribution in [1.82, 2.24) is 5.32 Å². The first-order chi connectivity index (χ1) is 7.96. The van der Waals surface area contributed by atoms with E-state index in [1.807, 2.05) is 13.8 Å². The normalized spacial score (nSPS) is 27.2. The summed E-state index contributed by atoms with van der Waals surface area (Å²) < 4.78 is 5.55. The molecule has 1 atom stereocenters. The molecule has 0 spiro atoms. The first-order valence-corrected chi connectivity index (χ1v) is 6.85. The highest BCUT2D eigenvalue weighted by atomic mass is 16.5. The lowest BCUT2D eigenvalue weighted by molar-refractivity contribution is -0.0929. The van der Waals surface area contributed by atoms with Crippen molar-refractivity contribution in [1.29, 1.82) is 0 Å². The second-order valence-corrected chi connectivity index (χ2v) is 7.34. The van der Waals surface area contributed by atoms with E-state index < -0.39 is 5.60 Å². The van der Waals surface area contributed by atoms with Crippen LogP contribution >= 0.6 is 0 Å². The minimum Gasteiger partial charge on any atom is -0.388 e. The zero-order chi connectivity index (χ0) is 14.2. The number of piperidine rings is 1. The van der Waals surface area contributed by atoms with Gasteiger partial charge in [-0.2, -0.15) is 0 Å². The van der Waals surface area contributed by atoms with Crippen LogP contribution in [0.1, 0.15) is 54.4 Å². The van der Waals surface area contributed by atoms with Crippen molar-refractivity contribution in [2.75, 3.05) is 6.61 Å². The van der Waals surface area contributed by atoms with Crippen LogP contribution in [0.4, 0.5) is 0 Å². The molecule has 0 aromatic heterocycles. The molecule has 4 heteroatoms. The highest BCUT2D eigenvalue weighted by Gasteiger charge is 2.49. The van der Waals surface area contributed by atoms with Crippen molar-refractivity contribution in [2.24, 2.45) is 5.73 Å². The number of nitrogens with two attached hydrogens (primary N) is 1. The largest absolute Gasteiger partial charge is 0.388 e. The minimum absolute atomic E-state index is 0.119. The molecule has 1 rings (SSSR count). The number of ether oxygens (including phenoxy) is 1. The van der Waals surface area contributed by atoms with Gasteiger partial charge in [0, 0.05) is 11.1 Å². The van der Waals surface area contributed by atoms with Crippen molar-refractivity contribution in [3.8, 4) is 0 Å². The molecule has 1 aliphatic heterocycles. The summed E-state index contributed by atoms with van der Waals surface area (Å²) >= 11 is 0. The summed E-state index contributed by atoms with van der Waals surface area (Å²) in [5.41, 5.74) is 5.06. The third kappa shape index (κ3) is 4.19. The van der Waals surface area contributed by atoms with Gasteiger partial charge in [0.2, 0.25) is 0 Å². The number of aliphatic hydroxyl groups is 1. The summed E-state index contributed by atoms with van der Waals surface area (Å²) in [6.45, 7) is 12.8. The molecule has 1 heterocycles. The predicted octanol–water partition coefficient (Wildman–Crippen LogP) is 1.41. The van der Waals surface area contributed by atoms with E-state index in [1.165, 1.54) is 0 Å². The van der Waals surface area contributed by atoms with E-state index in [1.54, 1.807) is 0 Å². The van der Waals surface area contributed by atoms with Gasteiger partial charge in [-0.05, 0) is 54.4 Å². The molecule has 1 fully saturated rings. The van der Waals surface area contributed by atoms with Crippen molar-refractivity contribution in [2.45, 2.75) is 83.2 Å². The van der Waals surface area contributed by atoms with Gasteiger partial charge in [-0.3, -0.25) is 0 Å². The molecular formula is C14H30N2O2. The third-order valence-corrected chi connectivity index (χ3v) is 3.47. The molecule has 4 N–H and O–H groups in total. The molecule has 0 amide bonds. The number of hydrogen-bond donors (Lipinski definition) is 3. The molecule has 108 valence electrons. The number of rotatable bonds is 4. The first-order valence-electron chi connectivity index (χ1n) is 6.85. The van der Waals surface area contributed by atoms with Crippen molar-refractivity contribution in [3.05, 3.63) is 0 Å². The Labute approximate surface area is 111 Å². The minimum atomic E-state index is -0.868. The molecule has 0 aromatic rings. The molecule has 0 bridgehead atoms. The standard InChI is InChI=1S/C14H30N2O2/c1-10(2)18-7-11(15)14(17)8-12(3,4)16-13(5,6)9-14/h10-11,16-17H,7-9,15H2,1-6H3. The Kier molecular flexibility index (Phi) is 4.49. The van der Waals surface area contributed by atoms with E-state index in [0.717, 1.165) is 0 Å². The Morgan fingerprint density at radius 1 is 1.17 bits per heavy atom. The van der Waals surface area contributed by atoms with E-state index in [0.29, 0.717) is 19.4 Å². The van der Waals surface area contributed by atoms with E-state index in [-0.39, 0.29) is 23.2 Å². The quantitative estimate of drug-likeness (QED) is 0.713. The Hall–Kier alpha value is -0.160. The molecule has 18 heavy (non-hydrogen) atoms. The third-order valence-electron chi connectivity index (χ3n) is 3.47. The highest BCUT2D eigenvalue weighted by Crippen LogP contribution is 2.37. The van der Waals surface area contributed by atoms with Gasteiger partial charge >= 0.3 is 0 Å². The van der Waals surface area contributed by atoms with Crippen LogP contribution in [0.3, 0.4) is 0 Å². The highest BCUT2D eigenvalue weighted by molar-refractivity contribution is 5.07. The van der Waals surface area contributed by atoms with E-state index in [4.69, 9.17) is 10.5 Å². The smallest absolute Gasteiger partial charge is 0.0855 e. The van der Waals surface area contributed by atoms with Crippen LogP contribution in [0, 0.1) is 0 Å². The first kappa shape index (κ1) is 15.9. The zero-order valence-corrected chi connectivity index (χ0v) is 12.7. The summed E-state index contributed by atoms with van der Waals surface area (Å²) in [4.78, 5) is 0. The SMILES string of the molecule is CC(C)OCC(N)C1(O)CC(C)(C)NC(C)(C)C1. The summed E-state index contributed by atoms with van der Waals surface area (Å²) in [6, 6.07) is -0.347. The lowest BCUT2D eigenvalue weighted by Crippen LogP contribution is -2.68. The maximum Gasteiger partial charge on any atom is 0.0855 e. The average molecular weight is 258 g/mol. The molecule has 0 radical (unpaired) electrons. The van der Waals surface area contributed by atoms with Gasteiger partial charge in [-0.25, -0.2) is 0 Å². The maximum atomic E-state index is 10.9. The molecule has 1 aliphatic rings. The van der Waals surface area contributed by atoms with Gasteiger partial charge in [-0.1, -0.05) is 0 Å². The molecule has 1 saturated heterocycles. The number of hydrogen-bond acceptors (Lipinski definition) is 4. The van der Waals surface area contributed by atoms with Crippen molar-refractivity contribution in [3.63, 3.8) is 0 Å². The fourth-order valence-electron chi connectivity index (χ4n) is 3.31. The molecule has 0 aromatic carbocycles. The van der Waals surface area contributed by atoms with Gasteiger partial charge in [0.25, 0.3) is 0 Å². The van der Waals surface area contributed by atoms with Crippen LogP contribution in [0.5, 0.6) is 0 Å². The second-order valence-electron chi connectivity index (χ2n) is 7.34. The van der Waals surface area contributed by atoms with Gasteiger partial charge in [-0.15, -0.1) is 0 Å². The van der Waals surface area contributed by atoms with E-state index in [9.17, 15) is 5.11 Å². The van der Waals surface area contributed by atoms with Crippen LogP contribution in [0.2, 0.25) is 0 Å². The van der Waals surface area contributed by atoms with Gasteiger partial charge in [0.05, 0.1) is 24.4 Å². The van der Waals surface area contributed by atoms with Crippen molar-refractivity contribution < 1.29 is 9.84 Å². The molecule has 4 nitrogen and oxygen atoms in total. The van der Waals surface area contributed by atoms with Gasteiger partial charge in [0.1, 0.15) is 0 Å². The molecule has 1 unspecified atom stereocenters. The van der Waals surface area contributed by atoms with Crippen LogP contribution in [0.15, 0.2) is 0 Å². The Bertz CT molecular complexity index is 272. The van der Waals surface area contributed by atoms with E-state index in [2.05, 4.69) is 33.0 Å². The van der Waals surface area contributed by atoms with Gasteiger partial charge in [0.15, 0.2) is 0 Å². The summed E-state index contributed by atoms with van der Waals surface area (Å²) in [5, 5.41) is 14.4. The van der Waals surface area contributed by atoms with Crippen LogP contribution in [-0.2, 0) is 4.74 Å². The zero-order valence-electron chi connectivity index (χ0n) is 12.7. The topological polar surface area (TPSA) is 67.5 Å². The van der Waals surface area contributed by atoms with E-state index >= 15 is 0 Å². The van der Waals surface area contributed by atoms with Crippen LogP contribution < -0.4 is 11.1 Å². The lowest BCUT2D eigenvalue weighted by atomic mass is 9.70. The summed E-state index contributed by atoms with van der Waals surface area (Å²) in [5.74, 6) is 0. The monoisotopic (exact) mass is 258 g/mol. The van der Waals surface area contributed by atoms with Crippen LogP contribution in [-0.4, -0.2) is 40.5 Å². The second kappa shape index (κ2) is 5.08. The molecule has 0 aliphatic carbocycles. The fourth-order valence-corrected chi connectivity index (χ4v) is 3.31. The summed E-state index contributed by atoms with van der Waals surface area (Å²) in [7, 11) is 0. The van der Waals surface area contributed by atoms with Crippen LogP contribution in [0.25, 0.3) is 0 Å². The Morgan fingerprint density at radius 3 is 2.00 bits per heavy atom. The number of nitrogens with one attached hydrogen (secondary N) is 1. The lowest BCUT2D eigenvalue weighted by Gasteiger charge is -2.52. The Balaban J connectivity index is 2.77. The fraction of sp³-hybridized carbons (Fsp3) is 1.00.